The van der Waals surface area contributed by atoms with E-state index >= 15 is 0 Å². The number of carbonyl (C=O) groups is 2. The van der Waals surface area contributed by atoms with Gasteiger partial charge < -0.3 is 14.7 Å². The van der Waals surface area contributed by atoms with Crippen molar-refractivity contribution in [2.75, 3.05) is 18.0 Å². The van der Waals surface area contributed by atoms with Crippen LogP contribution in [0.5, 0.6) is 0 Å². The van der Waals surface area contributed by atoms with Gasteiger partial charge in [-0.1, -0.05) is 23.7 Å². The van der Waals surface area contributed by atoms with Gasteiger partial charge in [-0.15, -0.1) is 0 Å². The molecule has 2 aliphatic heterocycles. The van der Waals surface area contributed by atoms with Crippen molar-refractivity contribution in [3.63, 3.8) is 0 Å². The Morgan fingerprint density at radius 2 is 1.67 bits per heavy atom. The fourth-order valence-electron chi connectivity index (χ4n) is 4.50. The molecule has 2 aromatic rings. The van der Waals surface area contributed by atoms with E-state index in [0.29, 0.717) is 24.7 Å². The number of rotatable bonds is 4. The molecular formula is C23H25ClFN3O2. The number of anilines is 1. The maximum Gasteiger partial charge on any atom is 0.253 e. The number of benzene rings is 2. The Balaban J connectivity index is 1.67. The normalized spacial score (nSPS) is 20.9. The molecule has 30 heavy (non-hydrogen) atoms. The van der Waals surface area contributed by atoms with Gasteiger partial charge in [-0.2, -0.15) is 0 Å². The molecule has 0 radical (unpaired) electrons. The molecule has 0 N–H and O–H groups in total. The summed E-state index contributed by atoms with van der Waals surface area (Å²) >= 11 is 6.00. The summed E-state index contributed by atoms with van der Waals surface area (Å²) in [4.78, 5) is 32.5. The molecule has 0 saturated carbocycles. The summed E-state index contributed by atoms with van der Waals surface area (Å²) in [6.07, 6.45) is 0. The molecule has 158 valence electrons. The molecule has 2 fully saturated rings. The molecule has 2 heterocycles. The maximum absolute atomic E-state index is 13.6. The Labute approximate surface area is 181 Å². The second kappa shape index (κ2) is 7.58. The topological polar surface area (TPSA) is 43.9 Å². The van der Waals surface area contributed by atoms with Crippen molar-refractivity contribution in [1.29, 1.82) is 0 Å². The monoisotopic (exact) mass is 429 g/mol. The first-order valence-electron chi connectivity index (χ1n) is 10.1. The molecule has 0 aliphatic carbocycles. The second-order valence-corrected chi connectivity index (χ2v) is 8.83. The molecule has 2 amide bonds. The Morgan fingerprint density at radius 3 is 2.23 bits per heavy atom. The summed E-state index contributed by atoms with van der Waals surface area (Å²) in [7, 11) is 0. The van der Waals surface area contributed by atoms with Crippen molar-refractivity contribution in [2.45, 2.75) is 44.9 Å². The van der Waals surface area contributed by atoms with Gasteiger partial charge in [-0.3, -0.25) is 9.59 Å². The molecule has 2 aromatic carbocycles. The van der Waals surface area contributed by atoms with E-state index in [1.165, 1.54) is 12.1 Å². The highest BCUT2D eigenvalue weighted by molar-refractivity contribution is 6.30. The van der Waals surface area contributed by atoms with Crippen LogP contribution in [0.25, 0.3) is 0 Å². The number of carbonyl (C=O) groups excluding carboxylic acids is 2. The summed E-state index contributed by atoms with van der Waals surface area (Å²) in [5.74, 6) is -0.393. The predicted octanol–water partition coefficient (Wildman–Crippen LogP) is 3.71. The third kappa shape index (κ3) is 3.33. The fraction of sp³-hybridized carbons (Fsp3) is 0.391. The average Bonchev–Trinajstić information content (AvgIpc) is 2.67. The SMILES string of the molecule is CC(C)N1C(=O)C2(CN(c3ccc(F)cc3)C2)N(Cc2ccc(Cl)cc2)C(=O)C1C. The molecule has 7 heteroatoms. The Kier molecular flexibility index (Phi) is 5.22. The third-order valence-electron chi connectivity index (χ3n) is 6.10. The van der Waals surface area contributed by atoms with Gasteiger partial charge >= 0.3 is 0 Å². The van der Waals surface area contributed by atoms with Crippen LogP contribution in [0.15, 0.2) is 48.5 Å². The molecule has 1 atom stereocenters. The Morgan fingerprint density at radius 1 is 1.07 bits per heavy atom. The smallest absolute Gasteiger partial charge is 0.253 e. The zero-order chi connectivity index (χ0) is 21.6. The van der Waals surface area contributed by atoms with Crippen molar-refractivity contribution in [2.24, 2.45) is 0 Å². The lowest BCUT2D eigenvalue weighted by Crippen LogP contribution is -2.82. The molecule has 0 aromatic heterocycles. The quantitative estimate of drug-likeness (QED) is 0.744. The van der Waals surface area contributed by atoms with Crippen LogP contribution < -0.4 is 4.90 Å². The number of hydrogen-bond donors (Lipinski definition) is 0. The molecule has 1 unspecified atom stereocenters. The first kappa shape index (κ1) is 20.7. The second-order valence-electron chi connectivity index (χ2n) is 8.40. The molecule has 2 aliphatic rings. The highest BCUT2D eigenvalue weighted by Crippen LogP contribution is 2.39. The largest absolute Gasteiger partial charge is 0.366 e. The van der Waals surface area contributed by atoms with Crippen LogP contribution in [-0.4, -0.2) is 52.3 Å². The molecule has 2 saturated heterocycles. The number of halogens is 2. The van der Waals surface area contributed by atoms with E-state index in [4.69, 9.17) is 11.6 Å². The standard InChI is InChI=1S/C23H25ClFN3O2/c1-15(2)28-16(3)21(29)27(12-17-4-6-18(24)7-5-17)23(22(28)30)13-26(14-23)20-10-8-19(25)9-11-20/h4-11,15-16H,12-14H2,1-3H3. The lowest BCUT2D eigenvalue weighted by molar-refractivity contribution is -0.175. The molecule has 0 bridgehead atoms. The van der Waals surface area contributed by atoms with Gasteiger partial charge in [0.1, 0.15) is 11.9 Å². The van der Waals surface area contributed by atoms with Gasteiger partial charge in [0.15, 0.2) is 5.54 Å². The summed E-state index contributed by atoms with van der Waals surface area (Å²) in [6.45, 7) is 6.76. The van der Waals surface area contributed by atoms with E-state index in [1.807, 2.05) is 30.9 Å². The van der Waals surface area contributed by atoms with E-state index < -0.39 is 11.6 Å². The minimum atomic E-state index is -0.929. The van der Waals surface area contributed by atoms with Gasteiger partial charge in [0.2, 0.25) is 5.91 Å². The van der Waals surface area contributed by atoms with Crippen molar-refractivity contribution in [1.82, 2.24) is 9.80 Å². The zero-order valence-electron chi connectivity index (χ0n) is 17.3. The number of nitrogens with zero attached hydrogens (tertiary/aromatic N) is 3. The van der Waals surface area contributed by atoms with Crippen LogP contribution in [0.4, 0.5) is 10.1 Å². The van der Waals surface area contributed by atoms with Crippen molar-refractivity contribution < 1.29 is 14.0 Å². The zero-order valence-corrected chi connectivity index (χ0v) is 18.1. The van der Waals surface area contributed by atoms with Gasteiger partial charge in [0, 0.05) is 23.3 Å². The van der Waals surface area contributed by atoms with E-state index in [0.717, 1.165) is 11.3 Å². The lowest BCUT2D eigenvalue weighted by Gasteiger charge is -2.60. The summed E-state index contributed by atoms with van der Waals surface area (Å²) < 4.78 is 13.3. The van der Waals surface area contributed by atoms with Crippen LogP contribution in [-0.2, 0) is 16.1 Å². The van der Waals surface area contributed by atoms with E-state index in [-0.39, 0.29) is 23.7 Å². The van der Waals surface area contributed by atoms with Crippen LogP contribution in [0.3, 0.4) is 0 Å². The Bertz CT molecular complexity index is 955. The molecule has 4 rings (SSSR count). The molecule has 5 nitrogen and oxygen atoms in total. The first-order valence-corrected chi connectivity index (χ1v) is 10.5. The number of piperazine rings is 1. The molecule has 1 spiro atoms. The highest BCUT2D eigenvalue weighted by atomic mass is 35.5. The summed E-state index contributed by atoms with van der Waals surface area (Å²) in [6, 6.07) is 12.9. The van der Waals surface area contributed by atoms with Crippen molar-refractivity contribution in [3.8, 4) is 0 Å². The first-order chi connectivity index (χ1) is 14.2. The minimum Gasteiger partial charge on any atom is -0.366 e. The number of hydrogen-bond acceptors (Lipinski definition) is 3. The summed E-state index contributed by atoms with van der Waals surface area (Å²) in [5.41, 5.74) is 0.829. The third-order valence-corrected chi connectivity index (χ3v) is 6.35. The van der Waals surface area contributed by atoms with Crippen LogP contribution in [0.1, 0.15) is 26.3 Å². The van der Waals surface area contributed by atoms with Crippen LogP contribution in [0, 0.1) is 5.82 Å². The minimum absolute atomic E-state index is 0.0306. The van der Waals surface area contributed by atoms with Crippen LogP contribution in [0.2, 0.25) is 5.02 Å². The number of amides is 2. The lowest BCUT2D eigenvalue weighted by atomic mass is 9.81. The summed E-state index contributed by atoms with van der Waals surface area (Å²) in [5, 5.41) is 0.625. The molecular weight excluding hydrogens is 405 g/mol. The van der Waals surface area contributed by atoms with Gasteiger partial charge in [-0.25, -0.2) is 4.39 Å². The fourth-order valence-corrected chi connectivity index (χ4v) is 4.62. The van der Waals surface area contributed by atoms with Crippen LogP contribution >= 0.6 is 11.6 Å². The Hall–Kier alpha value is -2.60. The van der Waals surface area contributed by atoms with Gasteiger partial charge in [0.25, 0.3) is 5.91 Å². The van der Waals surface area contributed by atoms with E-state index in [9.17, 15) is 14.0 Å². The highest BCUT2D eigenvalue weighted by Gasteiger charge is 2.61. The maximum atomic E-state index is 13.6. The van der Waals surface area contributed by atoms with Gasteiger partial charge in [-0.05, 0) is 62.7 Å². The average molecular weight is 430 g/mol. The van der Waals surface area contributed by atoms with Gasteiger partial charge in [0.05, 0.1) is 13.1 Å². The van der Waals surface area contributed by atoms with E-state index in [1.54, 1.807) is 41.0 Å². The van der Waals surface area contributed by atoms with E-state index in [2.05, 4.69) is 0 Å². The predicted molar refractivity (Wildman–Crippen MR) is 115 cm³/mol. The van der Waals surface area contributed by atoms with Crippen molar-refractivity contribution >= 4 is 29.1 Å². The van der Waals surface area contributed by atoms with Crippen molar-refractivity contribution in [3.05, 3.63) is 64.9 Å².